The Bertz CT molecular complexity index is 552. The zero-order valence-electron chi connectivity index (χ0n) is 12.1. The smallest absolute Gasteiger partial charge is 0.320 e. The fourth-order valence-electron chi connectivity index (χ4n) is 2.07. The molecule has 6 heteroatoms. The van der Waals surface area contributed by atoms with E-state index < -0.39 is 12.0 Å². The van der Waals surface area contributed by atoms with Crippen molar-refractivity contribution >= 4 is 5.97 Å². The Morgan fingerprint density at radius 3 is 2.71 bits per heavy atom. The minimum Gasteiger partial charge on any atom is -0.480 e. The summed E-state index contributed by atoms with van der Waals surface area (Å²) in [6, 6.07) is 7.31. The van der Waals surface area contributed by atoms with Gasteiger partial charge in [0.05, 0.1) is 5.69 Å². The van der Waals surface area contributed by atoms with Crippen LogP contribution in [-0.4, -0.2) is 31.9 Å². The highest BCUT2D eigenvalue weighted by Gasteiger charge is 2.15. The molecule has 0 unspecified atom stereocenters. The van der Waals surface area contributed by atoms with E-state index in [4.69, 9.17) is 5.11 Å². The van der Waals surface area contributed by atoms with E-state index in [1.807, 2.05) is 24.3 Å². The summed E-state index contributed by atoms with van der Waals surface area (Å²) in [5, 5.41) is 16.3. The Hall–Kier alpha value is -2.21. The van der Waals surface area contributed by atoms with Gasteiger partial charge in [0.25, 0.3) is 0 Å². The van der Waals surface area contributed by atoms with Crippen LogP contribution in [0, 0.1) is 0 Å². The van der Waals surface area contributed by atoms with Crippen LogP contribution in [0.1, 0.15) is 31.7 Å². The number of rotatable bonds is 8. The third kappa shape index (κ3) is 4.39. The predicted octanol–water partition coefficient (Wildman–Crippen LogP) is 2.00. The largest absolute Gasteiger partial charge is 0.480 e. The summed E-state index contributed by atoms with van der Waals surface area (Å²) < 4.78 is 1.68. The molecule has 1 aromatic carbocycles. The third-order valence-corrected chi connectivity index (χ3v) is 3.32. The van der Waals surface area contributed by atoms with Crippen molar-refractivity contribution in [3.05, 3.63) is 42.5 Å². The minimum atomic E-state index is -0.789. The Labute approximate surface area is 123 Å². The summed E-state index contributed by atoms with van der Waals surface area (Å²) in [5.41, 5.74) is 1.97. The van der Waals surface area contributed by atoms with Crippen molar-refractivity contribution in [3.8, 4) is 5.69 Å². The number of nitrogens with one attached hydrogen (secondary N) is 1. The van der Waals surface area contributed by atoms with Crippen LogP contribution in [0.5, 0.6) is 0 Å². The van der Waals surface area contributed by atoms with Gasteiger partial charge >= 0.3 is 5.97 Å². The van der Waals surface area contributed by atoms with Gasteiger partial charge in [-0.25, -0.2) is 9.67 Å². The molecular weight excluding hydrogens is 268 g/mol. The molecule has 0 spiro atoms. The number of aromatic nitrogens is 3. The van der Waals surface area contributed by atoms with Gasteiger partial charge in [0, 0.05) is 6.54 Å². The molecule has 0 bridgehead atoms. The van der Waals surface area contributed by atoms with E-state index in [9.17, 15) is 4.79 Å². The highest BCUT2D eigenvalue weighted by molar-refractivity contribution is 5.73. The maximum Gasteiger partial charge on any atom is 0.320 e. The number of carbonyl (C=O) groups is 1. The van der Waals surface area contributed by atoms with Crippen molar-refractivity contribution in [2.45, 2.75) is 38.8 Å². The first-order valence-electron chi connectivity index (χ1n) is 7.11. The lowest BCUT2D eigenvalue weighted by atomic mass is 10.1. The lowest BCUT2D eigenvalue weighted by Crippen LogP contribution is -2.36. The lowest BCUT2D eigenvalue weighted by molar-refractivity contribution is -0.139. The Morgan fingerprint density at radius 1 is 1.38 bits per heavy atom. The van der Waals surface area contributed by atoms with Crippen LogP contribution in [0.2, 0.25) is 0 Å². The summed E-state index contributed by atoms with van der Waals surface area (Å²) in [5.74, 6) is -0.789. The molecular formula is C15H20N4O2. The molecule has 1 atom stereocenters. The molecule has 2 N–H and O–H groups in total. The molecule has 0 fully saturated rings. The average Bonchev–Trinajstić information content (AvgIpc) is 3.02. The van der Waals surface area contributed by atoms with Crippen LogP contribution >= 0.6 is 0 Å². The van der Waals surface area contributed by atoms with Crippen LogP contribution in [0.15, 0.2) is 36.9 Å². The van der Waals surface area contributed by atoms with E-state index in [1.165, 1.54) is 6.33 Å². The maximum atomic E-state index is 11.2. The molecule has 6 nitrogen and oxygen atoms in total. The van der Waals surface area contributed by atoms with Gasteiger partial charge in [-0.2, -0.15) is 5.10 Å². The SMILES string of the molecule is CCCC[C@H](NCc1ccc(-n2cncn2)cc1)C(=O)O. The first kappa shape index (κ1) is 15.2. The van der Waals surface area contributed by atoms with Crippen LogP contribution in [0.25, 0.3) is 5.69 Å². The summed E-state index contributed by atoms with van der Waals surface area (Å²) >= 11 is 0. The highest BCUT2D eigenvalue weighted by atomic mass is 16.4. The standard InChI is InChI=1S/C15H20N4O2/c1-2-3-4-14(15(20)21)17-9-12-5-7-13(8-6-12)19-11-16-10-18-19/h5-8,10-11,14,17H,2-4,9H2,1H3,(H,20,21)/t14-/m0/s1. The first-order valence-corrected chi connectivity index (χ1v) is 7.11. The van der Waals surface area contributed by atoms with Crippen molar-refractivity contribution in [1.29, 1.82) is 0 Å². The van der Waals surface area contributed by atoms with Gasteiger partial charge in [0.2, 0.25) is 0 Å². The molecule has 0 saturated carbocycles. The Morgan fingerprint density at radius 2 is 2.14 bits per heavy atom. The topological polar surface area (TPSA) is 80.0 Å². The average molecular weight is 288 g/mol. The maximum absolute atomic E-state index is 11.2. The quantitative estimate of drug-likeness (QED) is 0.776. The van der Waals surface area contributed by atoms with Crippen molar-refractivity contribution in [2.75, 3.05) is 0 Å². The number of carboxylic acids is 1. The minimum absolute atomic E-state index is 0.486. The molecule has 21 heavy (non-hydrogen) atoms. The van der Waals surface area contributed by atoms with Crippen molar-refractivity contribution in [3.63, 3.8) is 0 Å². The number of hydrogen-bond acceptors (Lipinski definition) is 4. The number of unbranched alkanes of at least 4 members (excludes halogenated alkanes) is 1. The summed E-state index contributed by atoms with van der Waals surface area (Å²) in [6.07, 6.45) is 5.69. The van der Waals surface area contributed by atoms with Crippen molar-refractivity contribution in [2.24, 2.45) is 0 Å². The normalized spacial score (nSPS) is 12.2. The molecule has 112 valence electrons. The van der Waals surface area contributed by atoms with Crippen LogP contribution in [-0.2, 0) is 11.3 Å². The second kappa shape index (κ2) is 7.54. The van der Waals surface area contributed by atoms with E-state index >= 15 is 0 Å². The Kier molecular flexibility index (Phi) is 5.45. The van der Waals surface area contributed by atoms with Gasteiger partial charge in [0.15, 0.2) is 0 Å². The van der Waals surface area contributed by atoms with Crippen LogP contribution in [0.4, 0.5) is 0 Å². The molecule has 2 rings (SSSR count). The van der Waals surface area contributed by atoms with Gasteiger partial charge in [0.1, 0.15) is 18.7 Å². The first-order chi connectivity index (χ1) is 10.2. The molecule has 1 heterocycles. The molecule has 0 amide bonds. The van der Waals surface area contributed by atoms with Gasteiger partial charge in [-0.1, -0.05) is 31.9 Å². The highest BCUT2D eigenvalue weighted by Crippen LogP contribution is 2.09. The number of aliphatic carboxylic acids is 1. The van der Waals surface area contributed by atoms with Gasteiger partial charge in [-0.15, -0.1) is 0 Å². The van der Waals surface area contributed by atoms with Crippen molar-refractivity contribution < 1.29 is 9.90 Å². The Balaban J connectivity index is 1.92. The summed E-state index contributed by atoms with van der Waals surface area (Å²) in [6.45, 7) is 2.60. The monoisotopic (exact) mass is 288 g/mol. The fourth-order valence-corrected chi connectivity index (χ4v) is 2.07. The molecule has 1 aromatic heterocycles. The van der Waals surface area contributed by atoms with Crippen LogP contribution in [0.3, 0.4) is 0 Å². The van der Waals surface area contributed by atoms with E-state index in [0.717, 1.165) is 24.1 Å². The number of hydrogen-bond donors (Lipinski definition) is 2. The fraction of sp³-hybridized carbons (Fsp3) is 0.400. The van der Waals surface area contributed by atoms with Crippen molar-refractivity contribution in [1.82, 2.24) is 20.1 Å². The van der Waals surface area contributed by atoms with E-state index in [2.05, 4.69) is 22.3 Å². The van der Waals surface area contributed by atoms with E-state index in [0.29, 0.717) is 13.0 Å². The number of benzene rings is 1. The van der Waals surface area contributed by atoms with Gasteiger partial charge in [-0.05, 0) is 24.1 Å². The molecule has 2 aromatic rings. The summed E-state index contributed by atoms with van der Waals surface area (Å²) in [4.78, 5) is 15.1. The molecule has 0 saturated heterocycles. The second-order valence-corrected chi connectivity index (χ2v) is 4.92. The predicted molar refractivity (Wildman–Crippen MR) is 79.1 cm³/mol. The molecule has 0 aliphatic rings. The van der Waals surface area contributed by atoms with E-state index in [-0.39, 0.29) is 0 Å². The van der Waals surface area contributed by atoms with Crippen LogP contribution < -0.4 is 5.32 Å². The molecule has 0 radical (unpaired) electrons. The number of carboxylic acid groups (broad SMARTS) is 1. The number of nitrogens with zero attached hydrogens (tertiary/aromatic N) is 3. The molecule has 0 aliphatic carbocycles. The van der Waals surface area contributed by atoms with Gasteiger partial charge in [-0.3, -0.25) is 4.79 Å². The third-order valence-electron chi connectivity index (χ3n) is 3.32. The zero-order valence-corrected chi connectivity index (χ0v) is 12.1. The molecule has 0 aliphatic heterocycles. The zero-order chi connectivity index (χ0) is 15.1. The second-order valence-electron chi connectivity index (χ2n) is 4.92. The summed E-state index contributed by atoms with van der Waals surface area (Å²) in [7, 11) is 0. The van der Waals surface area contributed by atoms with Gasteiger partial charge < -0.3 is 10.4 Å². The van der Waals surface area contributed by atoms with E-state index in [1.54, 1.807) is 11.0 Å². The lowest BCUT2D eigenvalue weighted by Gasteiger charge is -2.14.